The van der Waals surface area contributed by atoms with Crippen molar-refractivity contribution in [3.05, 3.63) is 34.9 Å². The highest BCUT2D eigenvalue weighted by Crippen LogP contribution is 2.20. The van der Waals surface area contributed by atoms with E-state index in [4.69, 9.17) is 21.4 Å². The zero-order valence-electron chi connectivity index (χ0n) is 9.18. The summed E-state index contributed by atoms with van der Waals surface area (Å²) in [5.74, 6) is -0.230. The van der Waals surface area contributed by atoms with Crippen LogP contribution in [-0.4, -0.2) is 34.2 Å². The number of carbonyl (C=O) groups is 1. The number of nitrogens with zero attached hydrogens (tertiary/aromatic N) is 2. The van der Waals surface area contributed by atoms with Gasteiger partial charge in [0.2, 0.25) is 0 Å². The zero-order valence-corrected chi connectivity index (χ0v) is 9.94. The third-order valence-corrected chi connectivity index (χ3v) is 2.73. The van der Waals surface area contributed by atoms with Gasteiger partial charge in [-0.15, -0.1) is 0 Å². The maximum Gasteiger partial charge on any atom is 0.335 e. The molecule has 1 N–H and O–H groups in total. The minimum absolute atomic E-state index is 0.192. The van der Waals surface area contributed by atoms with Gasteiger partial charge < -0.3 is 14.2 Å². The van der Waals surface area contributed by atoms with E-state index in [2.05, 4.69) is 4.98 Å². The molecular weight excluding hydrogens is 244 g/mol. The number of rotatable bonds is 4. The highest BCUT2D eigenvalue weighted by molar-refractivity contribution is 6.32. The third-order valence-electron chi connectivity index (χ3n) is 2.45. The SMILES string of the molecule is COCCc1nc(Cl)c2cc(C(=O)O)ccn12. The van der Waals surface area contributed by atoms with Crippen LogP contribution in [-0.2, 0) is 11.2 Å². The largest absolute Gasteiger partial charge is 0.478 e. The van der Waals surface area contributed by atoms with E-state index in [0.29, 0.717) is 23.7 Å². The first-order chi connectivity index (χ1) is 8.13. The van der Waals surface area contributed by atoms with E-state index in [9.17, 15) is 4.79 Å². The van der Waals surface area contributed by atoms with Crippen molar-refractivity contribution in [2.45, 2.75) is 6.42 Å². The average molecular weight is 255 g/mol. The first-order valence-electron chi connectivity index (χ1n) is 5.02. The molecular formula is C11H11ClN2O3. The van der Waals surface area contributed by atoms with E-state index >= 15 is 0 Å². The summed E-state index contributed by atoms with van der Waals surface area (Å²) in [7, 11) is 1.61. The summed E-state index contributed by atoms with van der Waals surface area (Å²) in [5, 5.41) is 9.20. The molecule has 6 heteroatoms. The van der Waals surface area contributed by atoms with Gasteiger partial charge in [0.25, 0.3) is 0 Å². The number of hydrogen-bond donors (Lipinski definition) is 1. The lowest BCUT2D eigenvalue weighted by molar-refractivity contribution is 0.0697. The zero-order chi connectivity index (χ0) is 12.4. The van der Waals surface area contributed by atoms with E-state index in [1.807, 2.05) is 0 Å². The van der Waals surface area contributed by atoms with E-state index in [1.165, 1.54) is 12.1 Å². The quantitative estimate of drug-likeness (QED) is 0.905. The van der Waals surface area contributed by atoms with Crippen LogP contribution in [0.5, 0.6) is 0 Å². The Morgan fingerprint density at radius 1 is 1.65 bits per heavy atom. The van der Waals surface area contributed by atoms with Crippen LogP contribution in [0.4, 0.5) is 0 Å². The Kier molecular flexibility index (Phi) is 3.31. The van der Waals surface area contributed by atoms with Gasteiger partial charge in [-0.3, -0.25) is 0 Å². The molecule has 0 unspecified atom stereocenters. The molecule has 90 valence electrons. The lowest BCUT2D eigenvalue weighted by Gasteiger charge is -2.01. The van der Waals surface area contributed by atoms with Crippen molar-refractivity contribution in [3.63, 3.8) is 0 Å². The molecule has 0 aliphatic rings. The van der Waals surface area contributed by atoms with Gasteiger partial charge in [0.05, 0.1) is 17.7 Å². The normalized spacial score (nSPS) is 10.9. The molecule has 0 saturated heterocycles. The molecule has 0 saturated carbocycles. The summed E-state index contributed by atoms with van der Waals surface area (Å²) >= 11 is 5.97. The Hall–Kier alpha value is -1.59. The molecule has 0 bridgehead atoms. The van der Waals surface area contributed by atoms with Gasteiger partial charge in [-0.05, 0) is 12.1 Å². The van der Waals surface area contributed by atoms with E-state index in [-0.39, 0.29) is 5.56 Å². The molecule has 0 spiro atoms. The molecule has 0 aliphatic carbocycles. The van der Waals surface area contributed by atoms with Crippen LogP contribution in [0, 0.1) is 0 Å². The molecule has 17 heavy (non-hydrogen) atoms. The second kappa shape index (κ2) is 4.73. The number of imidazole rings is 1. The fraction of sp³-hybridized carbons (Fsp3) is 0.273. The van der Waals surface area contributed by atoms with E-state index in [0.717, 1.165) is 5.82 Å². The van der Waals surface area contributed by atoms with Crippen LogP contribution in [0.2, 0.25) is 5.15 Å². The summed E-state index contributed by atoms with van der Waals surface area (Å²) in [6.45, 7) is 0.538. The molecule has 2 rings (SSSR count). The molecule has 0 fully saturated rings. The van der Waals surface area contributed by atoms with Crippen molar-refractivity contribution in [3.8, 4) is 0 Å². The fourth-order valence-corrected chi connectivity index (χ4v) is 1.85. The topological polar surface area (TPSA) is 63.8 Å². The molecule has 0 aromatic carbocycles. The molecule has 0 aliphatic heterocycles. The van der Waals surface area contributed by atoms with Crippen LogP contribution in [0.3, 0.4) is 0 Å². The van der Waals surface area contributed by atoms with Gasteiger partial charge in [0.1, 0.15) is 5.82 Å². The predicted molar refractivity (Wildman–Crippen MR) is 62.7 cm³/mol. The van der Waals surface area contributed by atoms with Crippen LogP contribution in [0.1, 0.15) is 16.2 Å². The van der Waals surface area contributed by atoms with Crippen LogP contribution in [0.15, 0.2) is 18.3 Å². The predicted octanol–water partition coefficient (Wildman–Crippen LogP) is 1.87. The fourth-order valence-electron chi connectivity index (χ4n) is 1.61. The number of pyridine rings is 1. The third kappa shape index (κ3) is 2.25. The number of fused-ring (bicyclic) bond motifs is 1. The van der Waals surface area contributed by atoms with Crippen molar-refractivity contribution in [2.75, 3.05) is 13.7 Å². The lowest BCUT2D eigenvalue weighted by atomic mass is 10.2. The van der Waals surface area contributed by atoms with Crippen molar-refractivity contribution < 1.29 is 14.6 Å². The Balaban J connectivity index is 2.49. The standard InChI is InChI=1S/C11H11ClN2O3/c1-17-5-3-9-13-10(12)8-6-7(11(15)16)2-4-14(8)9/h2,4,6H,3,5H2,1H3,(H,15,16). The molecule has 5 nitrogen and oxygen atoms in total. The summed E-state index contributed by atoms with van der Waals surface area (Å²) < 4.78 is 6.75. The number of aromatic nitrogens is 2. The minimum atomic E-state index is -0.983. The Labute approximate surface area is 103 Å². The molecule has 0 radical (unpaired) electrons. The maximum atomic E-state index is 10.8. The molecule has 2 heterocycles. The lowest BCUT2D eigenvalue weighted by Crippen LogP contribution is -2.02. The van der Waals surface area contributed by atoms with Crippen molar-refractivity contribution in [2.24, 2.45) is 0 Å². The number of carboxylic acid groups (broad SMARTS) is 1. The second-order valence-corrected chi connectivity index (χ2v) is 3.90. The maximum absolute atomic E-state index is 10.8. The van der Waals surface area contributed by atoms with E-state index < -0.39 is 5.97 Å². The smallest absolute Gasteiger partial charge is 0.335 e. The summed E-state index contributed by atoms with van der Waals surface area (Å²) in [4.78, 5) is 15.0. The summed E-state index contributed by atoms with van der Waals surface area (Å²) in [5.41, 5.74) is 0.787. The van der Waals surface area contributed by atoms with Gasteiger partial charge in [-0.25, -0.2) is 9.78 Å². The first kappa shape index (κ1) is 11.9. The number of carboxylic acids is 1. The highest BCUT2D eigenvalue weighted by Gasteiger charge is 2.11. The average Bonchev–Trinajstić information content (AvgIpc) is 2.63. The number of aromatic carboxylic acids is 1. The van der Waals surface area contributed by atoms with Gasteiger partial charge >= 0.3 is 5.97 Å². The molecule has 0 amide bonds. The number of halogens is 1. The van der Waals surface area contributed by atoms with Crippen LogP contribution in [0.25, 0.3) is 5.52 Å². The van der Waals surface area contributed by atoms with Crippen LogP contribution < -0.4 is 0 Å². The first-order valence-corrected chi connectivity index (χ1v) is 5.40. The van der Waals surface area contributed by atoms with Gasteiger partial charge in [0, 0.05) is 19.7 Å². The highest BCUT2D eigenvalue weighted by atomic mass is 35.5. The Morgan fingerprint density at radius 2 is 2.41 bits per heavy atom. The van der Waals surface area contributed by atoms with Crippen molar-refractivity contribution >= 4 is 23.1 Å². The molecule has 2 aromatic rings. The Morgan fingerprint density at radius 3 is 3.06 bits per heavy atom. The van der Waals surface area contributed by atoms with Crippen LogP contribution >= 0.6 is 11.6 Å². The van der Waals surface area contributed by atoms with Gasteiger partial charge in [-0.1, -0.05) is 11.6 Å². The summed E-state index contributed by atoms with van der Waals surface area (Å²) in [6.07, 6.45) is 2.28. The monoisotopic (exact) mass is 254 g/mol. The Bertz CT molecular complexity index is 565. The number of methoxy groups -OCH3 is 1. The summed E-state index contributed by atoms with van der Waals surface area (Å²) in [6, 6.07) is 3.03. The van der Waals surface area contributed by atoms with Gasteiger partial charge in [0.15, 0.2) is 5.15 Å². The van der Waals surface area contributed by atoms with E-state index in [1.54, 1.807) is 17.7 Å². The van der Waals surface area contributed by atoms with Gasteiger partial charge in [-0.2, -0.15) is 0 Å². The minimum Gasteiger partial charge on any atom is -0.478 e. The van der Waals surface area contributed by atoms with Crippen molar-refractivity contribution in [1.82, 2.24) is 9.38 Å². The molecule has 2 aromatic heterocycles. The second-order valence-electron chi connectivity index (χ2n) is 3.54. The molecule has 0 atom stereocenters. The van der Waals surface area contributed by atoms with Crippen molar-refractivity contribution in [1.29, 1.82) is 0 Å². The number of hydrogen-bond acceptors (Lipinski definition) is 3. The number of ether oxygens (including phenoxy) is 1.